The van der Waals surface area contributed by atoms with Crippen LogP contribution < -0.4 is 24.8 Å². The normalized spacial score (nSPS) is 22.6. The summed E-state index contributed by atoms with van der Waals surface area (Å²) < 4.78 is 1.57. The van der Waals surface area contributed by atoms with Crippen LogP contribution in [0.15, 0.2) is 59.2 Å². The summed E-state index contributed by atoms with van der Waals surface area (Å²) in [5.41, 5.74) is 10.1. The van der Waals surface area contributed by atoms with Crippen molar-refractivity contribution in [2.75, 3.05) is 0 Å². The van der Waals surface area contributed by atoms with Crippen molar-refractivity contribution >= 4 is 28.0 Å². The number of hydrogen-bond donors (Lipinski definition) is 0. The Morgan fingerprint density at radius 3 is 1.46 bits per heavy atom. The maximum Gasteiger partial charge on any atom is -1.00 e. The second-order valence-electron chi connectivity index (χ2n) is 13.0. The topological polar surface area (TPSA) is 0 Å². The summed E-state index contributed by atoms with van der Waals surface area (Å²) in [7, 11) is -0.141. The van der Waals surface area contributed by atoms with Gasteiger partial charge in [0.05, 0.1) is 0 Å². The minimum Gasteiger partial charge on any atom is -1.00 e. The Labute approximate surface area is 277 Å². The Balaban J connectivity index is 0.00000194. The second kappa shape index (κ2) is 15.5. The molecule has 0 amide bonds. The molecule has 220 valence electrons. The number of fused-ring (bicyclic) bond motifs is 2. The number of hydrogen-bond acceptors (Lipinski definition) is 0. The first-order valence-electron chi connectivity index (χ1n) is 16.0. The largest absolute Gasteiger partial charge is 1.00 e. The van der Waals surface area contributed by atoms with Gasteiger partial charge >= 0.3 is 254 Å². The molecule has 0 N–H and O–H groups in total. The molecule has 4 aliphatic carbocycles. The summed E-state index contributed by atoms with van der Waals surface area (Å²) in [6, 6.07) is 19.2. The fourth-order valence-electron chi connectivity index (χ4n) is 8.21. The van der Waals surface area contributed by atoms with E-state index in [1.165, 1.54) is 64.2 Å². The van der Waals surface area contributed by atoms with Crippen LogP contribution in [0.1, 0.15) is 122 Å². The van der Waals surface area contributed by atoms with Gasteiger partial charge in [-0.2, -0.15) is 0 Å². The van der Waals surface area contributed by atoms with Crippen molar-refractivity contribution in [1.29, 1.82) is 0 Å². The fourth-order valence-corrected chi connectivity index (χ4v) is 26.0. The van der Waals surface area contributed by atoms with Crippen molar-refractivity contribution in [2.24, 2.45) is 0 Å². The van der Waals surface area contributed by atoms with Crippen LogP contribution in [-0.4, -0.2) is 22.6 Å². The number of rotatable bonds is 8. The Bertz CT molecular complexity index is 1180. The first kappa shape index (κ1) is 34.1. The SMILES string of the molecule is CC(C)P(C1=Cc2ccccc2[CH]1[Hf+2][CH]1C(P(C2CCCCC2)C2CCCCC2)=Cc2ccccc21)C(C)C.[Cl-].[Cl-]. The molecule has 0 nitrogen and oxygen atoms in total. The van der Waals surface area contributed by atoms with Crippen LogP contribution >= 0.6 is 15.8 Å². The van der Waals surface area contributed by atoms with E-state index in [1.807, 2.05) is 10.6 Å². The van der Waals surface area contributed by atoms with Gasteiger partial charge in [0.15, 0.2) is 0 Å². The maximum atomic E-state index is 2.79. The number of allylic oxidation sites excluding steroid dienone is 2. The smallest absolute Gasteiger partial charge is 1.00 e. The predicted octanol–water partition coefficient (Wildman–Crippen LogP) is 5.71. The minimum atomic E-state index is -1.17. The molecule has 0 spiro atoms. The third-order valence-corrected chi connectivity index (χ3v) is 25.2. The molecule has 2 aromatic carbocycles. The molecule has 0 aromatic heterocycles. The van der Waals surface area contributed by atoms with Gasteiger partial charge in [0, 0.05) is 0 Å². The van der Waals surface area contributed by atoms with Crippen molar-refractivity contribution in [3.05, 3.63) is 81.4 Å². The molecule has 6 rings (SSSR count). The van der Waals surface area contributed by atoms with Crippen LogP contribution in [0, 0.1) is 0 Å². The van der Waals surface area contributed by atoms with E-state index in [2.05, 4.69) is 88.4 Å². The van der Waals surface area contributed by atoms with Crippen molar-refractivity contribution in [3.8, 4) is 0 Å². The molecule has 2 fully saturated rings. The molecule has 2 atom stereocenters. The molecule has 2 saturated carbocycles. The average molecular weight is 792 g/mol. The summed E-state index contributed by atoms with van der Waals surface area (Å²) >= 11 is -1.17. The van der Waals surface area contributed by atoms with Crippen molar-refractivity contribution < 1.29 is 47.7 Å². The van der Waals surface area contributed by atoms with Gasteiger partial charge in [0.2, 0.25) is 0 Å². The zero-order chi connectivity index (χ0) is 26.9. The molecule has 41 heavy (non-hydrogen) atoms. The summed E-state index contributed by atoms with van der Waals surface area (Å²) in [4.78, 5) is 0. The molecule has 0 bridgehead atoms. The summed E-state index contributed by atoms with van der Waals surface area (Å²) in [6.07, 6.45) is 20.4. The van der Waals surface area contributed by atoms with E-state index >= 15 is 0 Å². The van der Waals surface area contributed by atoms with E-state index in [0.29, 0.717) is 0 Å². The molecule has 5 heteroatoms. The molecule has 0 heterocycles. The number of benzene rings is 2. The first-order chi connectivity index (χ1) is 19.0. The van der Waals surface area contributed by atoms with E-state index in [-0.39, 0.29) is 40.7 Å². The Morgan fingerprint density at radius 1 is 0.585 bits per heavy atom. The maximum absolute atomic E-state index is 2.79. The van der Waals surface area contributed by atoms with Gasteiger partial charge < -0.3 is 24.8 Å². The van der Waals surface area contributed by atoms with Crippen LogP contribution in [0.5, 0.6) is 0 Å². The van der Waals surface area contributed by atoms with E-state index in [1.54, 1.807) is 22.3 Å². The first-order valence-corrected chi connectivity index (χ1v) is 23.1. The molecular weight excluding hydrogens is 744 g/mol. The zero-order valence-corrected chi connectivity index (χ0v) is 32.4. The molecule has 0 saturated heterocycles. The third kappa shape index (κ3) is 7.22. The van der Waals surface area contributed by atoms with Crippen LogP contribution in [0.4, 0.5) is 0 Å². The Hall–Kier alpha value is 0.230. The average Bonchev–Trinajstić information content (AvgIpc) is 3.48. The van der Waals surface area contributed by atoms with Crippen LogP contribution in [0.25, 0.3) is 12.2 Å². The van der Waals surface area contributed by atoms with E-state index < -0.39 is 22.9 Å². The molecule has 2 aromatic rings. The van der Waals surface area contributed by atoms with Gasteiger partial charge in [-0.15, -0.1) is 0 Å². The minimum absolute atomic E-state index is 0. The van der Waals surface area contributed by atoms with Crippen molar-refractivity contribution in [2.45, 2.75) is 122 Å². The molecular formula is C36H48Cl2HfP2. The third-order valence-electron chi connectivity index (χ3n) is 9.79. The monoisotopic (exact) mass is 792 g/mol. The number of halogens is 2. The van der Waals surface area contributed by atoms with Crippen molar-refractivity contribution in [3.63, 3.8) is 0 Å². The molecule has 4 aliphatic rings. The van der Waals surface area contributed by atoms with Crippen molar-refractivity contribution in [1.82, 2.24) is 0 Å². The van der Waals surface area contributed by atoms with Gasteiger partial charge in [-0.1, -0.05) is 0 Å². The van der Waals surface area contributed by atoms with Crippen LogP contribution in [-0.2, 0) is 22.9 Å². The second-order valence-corrected chi connectivity index (χ2v) is 24.5. The predicted molar refractivity (Wildman–Crippen MR) is 172 cm³/mol. The van der Waals surface area contributed by atoms with Gasteiger partial charge in [-0.25, -0.2) is 0 Å². The summed E-state index contributed by atoms with van der Waals surface area (Å²) in [6.45, 7) is 10.0. The van der Waals surface area contributed by atoms with Gasteiger partial charge in [0.1, 0.15) is 0 Å². The molecule has 2 unspecified atom stereocenters. The van der Waals surface area contributed by atoms with E-state index in [9.17, 15) is 0 Å². The Kier molecular flexibility index (Phi) is 12.9. The van der Waals surface area contributed by atoms with Crippen LogP contribution in [0.3, 0.4) is 0 Å². The fraction of sp³-hybridized carbons (Fsp3) is 0.556. The quantitative estimate of drug-likeness (QED) is 0.238. The van der Waals surface area contributed by atoms with E-state index in [4.69, 9.17) is 0 Å². The summed E-state index contributed by atoms with van der Waals surface area (Å²) in [5.74, 6) is 0. The van der Waals surface area contributed by atoms with Gasteiger partial charge in [-0.3, -0.25) is 0 Å². The standard InChI is InChI=1S/C21H28P.C15H20P.2ClH.Hf/c1-3-11-19(12-4-1)22(20-13-5-2-6-14-20)21-15-17-9-7-8-10-18(17)16-21;1-11(2)16(12(3)4)15-9-13-7-5-6-8-14(13)10-15;;;/h7-10,15-16,19-20H,1-6,11-14H2;5-12H,1-4H3;2*1H;/q;;;;+2/p-2. The van der Waals surface area contributed by atoms with Crippen LogP contribution in [0.2, 0.25) is 0 Å². The molecule has 0 aliphatic heterocycles. The Morgan fingerprint density at radius 2 is 1.00 bits per heavy atom. The summed E-state index contributed by atoms with van der Waals surface area (Å²) in [5, 5.41) is 3.87. The van der Waals surface area contributed by atoms with Gasteiger partial charge in [0.25, 0.3) is 0 Å². The van der Waals surface area contributed by atoms with E-state index in [0.717, 1.165) is 30.0 Å². The van der Waals surface area contributed by atoms with Gasteiger partial charge in [-0.05, 0) is 0 Å². The molecule has 0 radical (unpaired) electrons. The zero-order valence-electron chi connectivity index (χ0n) is 25.5.